The lowest BCUT2D eigenvalue weighted by atomic mass is 10.1. The number of carbonyl (C=O) groups is 1. The van der Waals surface area contributed by atoms with Gasteiger partial charge in [0.1, 0.15) is 0 Å². The van der Waals surface area contributed by atoms with E-state index in [2.05, 4.69) is 10.6 Å². The molecule has 2 amide bonds. The fourth-order valence-electron chi connectivity index (χ4n) is 2.56. The van der Waals surface area contributed by atoms with Crippen LogP contribution in [0.5, 0.6) is 0 Å². The van der Waals surface area contributed by atoms with Gasteiger partial charge in [-0.3, -0.25) is 0 Å². The van der Waals surface area contributed by atoms with Gasteiger partial charge in [0.05, 0.1) is 6.26 Å². The van der Waals surface area contributed by atoms with Gasteiger partial charge in [0.25, 0.3) is 0 Å². The van der Waals surface area contributed by atoms with Crippen LogP contribution in [0.2, 0.25) is 0 Å². The van der Waals surface area contributed by atoms with E-state index in [9.17, 15) is 13.2 Å². The lowest BCUT2D eigenvalue weighted by molar-refractivity contribution is 0.238. The molecule has 0 unspecified atom stereocenters. The maximum atomic E-state index is 12.1. The molecule has 0 saturated carbocycles. The van der Waals surface area contributed by atoms with Gasteiger partial charge in [0.15, 0.2) is 0 Å². The van der Waals surface area contributed by atoms with Crippen LogP contribution >= 0.6 is 0 Å². The van der Waals surface area contributed by atoms with E-state index in [0.717, 1.165) is 16.8 Å². The number of piperidine rings is 1. The molecule has 22 heavy (non-hydrogen) atoms. The standard InChI is InChI=1S/C15H23N3O3S/c1-11-5-4-6-14(12(11)2)17-15(19)16-13-7-9-18(10-8-13)22(3,20)21/h4-6,13H,7-10H2,1-3H3,(H2,16,17,19). The molecule has 0 aromatic heterocycles. The summed E-state index contributed by atoms with van der Waals surface area (Å²) in [6.45, 7) is 4.87. The van der Waals surface area contributed by atoms with Gasteiger partial charge < -0.3 is 10.6 Å². The van der Waals surface area contributed by atoms with Crippen LogP contribution in [0.3, 0.4) is 0 Å². The first-order valence-corrected chi connectivity index (χ1v) is 9.21. The van der Waals surface area contributed by atoms with E-state index in [0.29, 0.717) is 25.9 Å². The molecule has 1 saturated heterocycles. The first-order valence-electron chi connectivity index (χ1n) is 7.36. The number of anilines is 1. The van der Waals surface area contributed by atoms with Gasteiger partial charge in [0.2, 0.25) is 10.0 Å². The fraction of sp³-hybridized carbons (Fsp3) is 0.533. The molecule has 122 valence electrons. The Morgan fingerprint density at radius 2 is 1.86 bits per heavy atom. The summed E-state index contributed by atoms with van der Waals surface area (Å²) >= 11 is 0. The molecule has 0 bridgehead atoms. The molecule has 1 fully saturated rings. The Hall–Kier alpha value is -1.60. The number of rotatable bonds is 3. The molecule has 0 atom stereocenters. The zero-order valence-electron chi connectivity index (χ0n) is 13.2. The second-order valence-corrected chi connectivity index (χ2v) is 7.76. The van der Waals surface area contributed by atoms with Crippen molar-refractivity contribution in [2.45, 2.75) is 32.7 Å². The van der Waals surface area contributed by atoms with Crippen LogP contribution in [0.4, 0.5) is 10.5 Å². The normalized spacial score (nSPS) is 17.2. The number of benzene rings is 1. The average Bonchev–Trinajstić information content (AvgIpc) is 2.43. The van der Waals surface area contributed by atoms with Crippen molar-refractivity contribution in [1.29, 1.82) is 0 Å². The Morgan fingerprint density at radius 1 is 1.23 bits per heavy atom. The van der Waals surface area contributed by atoms with Crippen molar-refractivity contribution < 1.29 is 13.2 Å². The summed E-state index contributed by atoms with van der Waals surface area (Å²) in [7, 11) is -3.13. The molecule has 0 aliphatic carbocycles. The maximum Gasteiger partial charge on any atom is 0.319 e. The lowest BCUT2D eigenvalue weighted by Crippen LogP contribution is -2.47. The minimum Gasteiger partial charge on any atom is -0.335 e. The van der Waals surface area contributed by atoms with Crippen LogP contribution in [-0.4, -0.2) is 44.1 Å². The number of sulfonamides is 1. The van der Waals surface area contributed by atoms with Gasteiger partial charge in [-0.2, -0.15) is 0 Å². The number of amides is 2. The monoisotopic (exact) mass is 325 g/mol. The number of aryl methyl sites for hydroxylation is 1. The molecule has 1 aliphatic rings. The molecule has 2 rings (SSSR count). The fourth-order valence-corrected chi connectivity index (χ4v) is 3.44. The van der Waals surface area contributed by atoms with Crippen molar-refractivity contribution >= 4 is 21.7 Å². The van der Waals surface area contributed by atoms with Crippen LogP contribution in [0.25, 0.3) is 0 Å². The Kier molecular flexibility index (Phi) is 5.08. The topological polar surface area (TPSA) is 78.5 Å². The number of hydrogen-bond acceptors (Lipinski definition) is 3. The minimum absolute atomic E-state index is 0.00288. The highest BCUT2D eigenvalue weighted by Gasteiger charge is 2.25. The molecular weight excluding hydrogens is 302 g/mol. The number of hydrogen-bond donors (Lipinski definition) is 2. The second kappa shape index (κ2) is 6.66. The first-order chi connectivity index (χ1) is 10.3. The summed E-state index contributed by atoms with van der Waals surface area (Å²) in [5, 5.41) is 5.77. The maximum absolute atomic E-state index is 12.1. The van der Waals surface area contributed by atoms with Gasteiger partial charge in [-0.15, -0.1) is 0 Å². The summed E-state index contributed by atoms with van der Waals surface area (Å²) in [4.78, 5) is 12.1. The third-order valence-electron chi connectivity index (χ3n) is 4.11. The van der Waals surface area contributed by atoms with Gasteiger partial charge in [-0.1, -0.05) is 12.1 Å². The van der Waals surface area contributed by atoms with Gasteiger partial charge >= 0.3 is 6.03 Å². The number of urea groups is 1. The minimum atomic E-state index is -3.13. The summed E-state index contributed by atoms with van der Waals surface area (Å²) in [6, 6.07) is 5.53. The molecule has 1 aliphatic heterocycles. The summed E-state index contributed by atoms with van der Waals surface area (Å²) in [6.07, 6.45) is 2.48. The zero-order chi connectivity index (χ0) is 16.3. The van der Waals surface area contributed by atoms with Crippen LogP contribution in [0, 0.1) is 13.8 Å². The Balaban J connectivity index is 1.87. The molecule has 6 nitrogen and oxygen atoms in total. The quantitative estimate of drug-likeness (QED) is 0.890. The van der Waals surface area contributed by atoms with E-state index in [1.807, 2.05) is 32.0 Å². The van der Waals surface area contributed by atoms with Gasteiger partial charge in [0, 0.05) is 24.8 Å². The Bertz CT molecular complexity index is 650. The largest absolute Gasteiger partial charge is 0.335 e. The predicted molar refractivity (Wildman–Crippen MR) is 87.5 cm³/mol. The van der Waals surface area contributed by atoms with E-state index < -0.39 is 10.0 Å². The molecular formula is C15H23N3O3S. The highest BCUT2D eigenvalue weighted by atomic mass is 32.2. The first kappa shape index (κ1) is 16.8. The summed E-state index contributed by atoms with van der Waals surface area (Å²) in [5.41, 5.74) is 2.97. The molecule has 0 radical (unpaired) electrons. The second-order valence-electron chi connectivity index (χ2n) is 5.78. The van der Waals surface area contributed by atoms with Crippen molar-refractivity contribution in [2.24, 2.45) is 0 Å². The van der Waals surface area contributed by atoms with E-state index in [1.54, 1.807) is 0 Å². The van der Waals surface area contributed by atoms with Crippen molar-refractivity contribution in [2.75, 3.05) is 24.7 Å². The van der Waals surface area contributed by atoms with E-state index in [4.69, 9.17) is 0 Å². The van der Waals surface area contributed by atoms with E-state index in [1.165, 1.54) is 10.6 Å². The number of nitrogens with one attached hydrogen (secondary N) is 2. The molecule has 2 N–H and O–H groups in total. The molecule has 7 heteroatoms. The van der Waals surface area contributed by atoms with Crippen LogP contribution < -0.4 is 10.6 Å². The van der Waals surface area contributed by atoms with Crippen molar-refractivity contribution in [3.8, 4) is 0 Å². The predicted octanol–water partition coefficient (Wildman–Crippen LogP) is 1.85. The van der Waals surface area contributed by atoms with Crippen molar-refractivity contribution in [3.05, 3.63) is 29.3 Å². The Morgan fingerprint density at radius 3 is 2.45 bits per heavy atom. The average molecular weight is 325 g/mol. The Labute approximate surface area is 131 Å². The lowest BCUT2D eigenvalue weighted by Gasteiger charge is -2.30. The van der Waals surface area contributed by atoms with Crippen LogP contribution in [0.1, 0.15) is 24.0 Å². The van der Waals surface area contributed by atoms with Crippen molar-refractivity contribution in [1.82, 2.24) is 9.62 Å². The molecule has 1 heterocycles. The van der Waals surface area contributed by atoms with E-state index in [-0.39, 0.29) is 12.1 Å². The summed E-state index contributed by atoms with van der Waals surface area (Å²) in [5.74, 6) is 0. The van der Waals surface area contributed by atoms with Crippen molar-refractivity contribution in [3.63, 3.8) is 0 Å². The molecule has 0 spiro atoms. The van der Waals surface area contributed by atoms with Crippen LogP contribution in [-0.2, 0) is 10.0 Å². The van der Waals surface area contributed by atoms with E-state index >= 15 is 0 Å². The van der Waals surface area contributed by atoms with Gasteiger partial charge in [-0.05, 0) is 43.9 Å². The van der Waals surface area contributed by atoms with Gasteiger partial charge in [-0.25, -0.2) is 17.5 Å². The number of carbonyl (C=O) groups excluding carboxylic acids is 1. The SMILES string of the molecule is Cc1cccc(NC(=O)NC2CCN(S(C)(=O)=O)CC2)c1C. The highest BCUT2D eigenvalue weighted by Crippen LogP contribution is 2.18. The molecule has 1 aromatic rings. The summed E-state index contributed by atoms with van der Waals surface area (Å²) < 4.78 is 24.4. The smallest absolute Gasteiger partial charge is 0.319 e. The number of nitrogens with zero attached hydrogens (tertiary/aromatic N) is 1. The molecule has 1 aromatic carbocycles. The highest BCUT2D eigenvalue weighted by molar-refractivity contribution is 7.88. The third-order valence-corrected chi connectivity index (χ3v) is 5.41. The zero-order valence-corrected chi connectivity index (χ0v) is 14.0. The third kappa shape index (κ3) is 4.20. The van der Waals surface area contributed by atoms with Crippen LogP contribution in [0.15, 0.2) is 18.2 Å².